The van der Waals surface area contributed by atoms with E-state index in [1.807, 2.05) is 12.1 Å². The zero-order valence-electron chi connectivity index (χ0n) is 12.5. The highest BCUT2D eigenvalue weighted by Gasteiger charge is 2.10. The van der Waals surface area contributed by atoms with Crippen LogP contribution in [0.25, 0.3) is 0 Å². The van der Waals surface area contributed by atoms with Crippen LogP contribution in [0.5, 0.6) is 11.5 Å². The highest BCUT2D eigenvalue weighted by molar-refractivity contribution is 14.1. The van der Waals surface area contributed by atoms with Crippen LogP contribution in [0.1, 0.15) is 15.9 Å². The molecule has 23 heavy (non-hydrogen) atoms. The van der Waals surface area contributed by atoms with Gasteiger partial charge in [-0.05, 0) is 64.6 Å². The molecule has 2 aromatic carbocycles. The fourth-order valence-electron chi connectivity index (χ4n) is 1.84. The summed E-state index contributed by atoms with van der Waals surface area (Å²) in [4.78, 5) is 11.9. The number of ether oxygens (including phenoxy) is 2. The Labute approximate surface area is 152 Å². The van der Waals surface area contributed by atoms with Crippen LogP contribution in [-0.2, 0) is 0 Å². The van der Waals surface area contributed by atoms with Crippen LogP contribution < -0.4 is 14.9 Å². The summed E-state index contributed by atoms with van der Waals surface area (Å²) in [5.74, 6) is 0.656. The molecule has 1 amide bonds. The molecule has 0 aliphatic heterocycles. The number of hydrogen-bond donors (Lipinski definition) is 1. The van der Waals surface area contributed by atoms with Crippen LogP contribution in [0.15, 0.2) is 41.5 Å². The third-order valence-corrected chi connectivity index (χ3v) is 3.94. The minimum Gasteiger partial charge on any atom is -0.493 e. The van der Waals surface area contributed by atoms with Crippen molar-refractivity contribution in [2.24, 2.45) is 5.10 Å². The Morgan fingerprint density at radius 1 is 1.22 bits per heavy atom. The first-order chi connectivity index (χ1) is 11.0. The lowest BCUT2D eigenvalue weighted by Gasteiger charge is -2.09. The number of hydrazone groups is 1. The number of benzene rings is 2. The standard InChI is InChI=1S/C16H14ClIN2O3/c1-22-14-8-10(7-13(17)15(14)23-2)9-19-20-16(21)11-3-5-12(18)6-4-11/h3-9H,1-2H3,(H,20,21)/b19-9-. The van der Waals surface area contributed by atoms with E-state index in [4.69, 9.17) is 21.1 Å². The van der Waals surface area contributed by atoms with Crippen molar-refractivity contribution in [3.05, 3.63) is 56.1 Å². The second kappa shape index (κ2) is 8.16. The van der Waals surface area contributed by atoms with Crippen molar-refractivity contribution in [2.45, 2.75) is 0 Å². The summed E-state index contributed by atoms with van der Waals surface area (Å²) < 4.78 is 11.4. The fraction of sp³-hybridized carbons (Fsp3) is 0.125. The van der Waals surface area contributed by atoms with E-state index in [9.17, 15) is 4.79 Å². The molecule has 0 spiro atoms. The summed E-state index contributed by atoms with van der Waals surface area (Å²) in [5.41, 5.74) is 3.68. The second-order valence-electron chi connectivity index (χ2n) is 4.44. The largest absolute Gasteiger partial charge is 0.493 e. The van der Waals surface area contributed by atoms with Gasteiger partial charge in [0, 0.05) is 9.13 Å². The molecule has 0 bridgehead atoms. The minimum atomic E-state index is -0.288. The molecular weight excluding hydrogens is 431 g/mol. The highest BCUT2D eigenvalue weighted by atomic mass is 127. The third kappa shape index (κ3) is 4.59. The molecule has 5 nitrogen and oxygen atoms in total. The van der Waals surface area contributed by atoms with Gasteiger partial charge in [0.1, 0.15) is 0 Å². The Morgan fingerprint density at radius 3 is 2.52 bits per heavy atom. The van der Waals surface area contributed by atoms with Crippen molar-refractivity contribution in [2.75, 3.05) is 14.2 Å². The smallest absolute Gasteiger partial charge is 0.271 e. The topological polar surface area (TPSA) is 59.9 Å². The molecule has 7 heteroatoms. The number of hydrogen-bond acceptors (Lipinski definition) is 4. The van der Waals surface area contributed by atoms with E-state index in [0.717, 1.165) is 3.57 Å². The first kappa shape index (κ1) is 17.6. The van der Waals surface area contributed by atoms with Crippen LogP contribution >= 0.6 is 34.2 Å². The van der Waals surface area contributed by atoms with E-state index in [-0.39, 0.29) is 5.91 Å². The van der Waals surface area contributed by atoms with Crippen LogP contribution in [0.3, 0.4) is 0 Å². The molecule has 0 aliphatic carbocycles. The maximum atomic E-state index is 11.9. The van der Waals surface area contributed by atoms with E-state index >= 15 is 0 Å². The van der Waals surface area contributed by atoms with Gasteiger partial charge in [-0.25, -0.2) is 5.43 Å². The van der Waals surface area contributed by atoms with Gasteiger partial charge in [-0.2, -0.15) is 5.10 Å². The first-order valence-electron chi connectivity index (χ1n) is 6.55. The van der Waals surface area contributed by atoms with Crippen molar-refractivity contribution in [1.29, 1.82) is 0 Å². The molecule has 0 radical (unpaired) electrons. The van der Waals surface area contributed by atoms with Crippen molar-refractivity contribution in [3.63, 3.8) is 0 Å². The number of nitrogens with zero attached hydrogens (tertiary/aromatic N) is 1. The summed E-state index contributed by atoms with van der Waals surface area (Å²) in [6, 6.07) is 10.6. The van der Waals surface area contributed by atoms with Gasteiger partial charge in [0.2, 0.25) is 0 Å². The number of carbonyl (C=O) groups excluding carboxylic acids is 1. The minimum absolute atomic E-state index is 0.288. The molecular formula is C16H14ClIN2O3. The van der Waals surface area contributed by atoms with Crippen molar-refractivity contribution in [1.82, 2.24) is 5.43 Å². The van der Waals surface area contributed by atoms with Gasteiger partial charge in [-0.3, -0.25) is 4.79 Å². The summed E-state index contributed by atoms with van der Waals surface area (Å²) >= 11 is 8.29. The lowest BCUT2D eigenvalue weighted by atomic mass is 10.2. The van der Waals surface area contributed by atoms with Crippen molar-refractivity contribution in [3.8, 4) is 11.5 Å². The van der Waals surface area contributed by atoms with Crippen LogP contribution in [0.2, 0.25) is 5.02 Å². The molecule has 0 saturated heterocycles. The summed E-state index contributed by atoms with van der Waals surface area (Å²) in [7, 11) is 3.03. The Kier molecular flexibility index (Phi) is 6.23. The lowest BCUT2D eigenvalue weighted by molar-refractivity contribution is 0.0955. The number of carbonyl (C=O) groups is 1. The zero-order chi connectivity index (χ0) is 16.8. The molecule has 2 rings (SSSR count). The van der Waals surface area contributed by atoms with Gasteiger partial charge >= 0.3 is 0 Å². The number of methoxy groups -OCH3 is 2. The predicted octanol–water partition coefficient (Wildman–Crippen LogP) is 3.73. The molecule has 0 saturated carbocycles. The molecule has 0 fully saturated rings. The number of amides is 1. The summed E-state index contributed by atoms with van der Waals surface area (Å²) in [6.45, 7) is 0. The van der Waals surface area contributed by atoms with Gasteiger partial charge in [-0.1, -0.05) is 11.6 Å². The third-order valence-electron chi connectivity index (χ3n) is 2.94. The molecule has 0 heterocycles. The van der Waals surface area contributed by atoms with E-state index in [0.29, 0.717) is 27.6 Å². The quantitative estimate of drug-likeness (QED) is 0.434. The number of rotatable bonds is 5. The van der Waals surface area contributed by atoms with Gasteiger partial charge in [0.15, 0.2) is 11.5 Å². The monoisotopic (exact) mass is 444 g/mol. The average Bonchev–Trinajstić information content (AvgIpc) is 2.54. The first-order valence-corrected chi connectivity index (χ1v) is 8.01. The fourth-order valence-corrected chi connectivity index (χ4v) is 2.50. The second-order valence-corrected chi connectivity index (χ2v) is 6.10. The predicted molar refractivity (Wildman–Crippen MR) is 98.8 cm³/mol. The molecule has 0 atom stereocenters. The van der Waals surface area contributed by atoms with E-state index in [1.165, 1.54) is 20.4 Å². The zero-order valence-corrected chi connectivity index (χ0v) is 15.4. The molecule has 0 aromatic heterocycles. The molecule has 0 aliphatic rings. The summed E-state index contributed by atoms with van der Waals surface area (Å²) in [5, 5.41) is 4.33. The van der Waals surface area contributed by atoms with Gasteiger partial charge in [0.05, 0.1) is 25.5 Å². The van der Waals surface area contributed by atoms with Gasteiger partial charge in [-0.15, -0.1) is 0 Å². The Bertz CT molecular complexity index is 733. The van der Waals surface area contributed by atoms with E-state index in [1.54, 1.807) is 24.3 Å². The Balaban J connectivity index is 2.10. The number of halogens is 2. The summed E-state index contributed by atoms with van der Waals surface area (Å²) in [6.07, 6.45) is 1.48. The molecule has 2 aromatic rings. The Morgan fingerprint density at radius 2 is 1.91 bits per heavy atom. The highest BCUT2D eigenvalue weighted by Crippen LogP contribution is 2.35. The molecule has 1 N–H and O–H groups in total. The number of nitrogens with one attached hydrogen (secondary N) is 1. The van der Waals surface area contributed by atoms with E-state index in [2.05, 4.69) is 33.1 Å². The van der Waals surface area contributed by atoms with Crippen LogP contribution in [-0.4, -0.2) is 26.3 Å². The van der Waals surface area contributed by atoms with Crippen LogP contribution in [0, 0.1) is 3.57 Å². The van der Waals surface area contributed by atoms with Crippen LogP contribution in [0.4, 0.5) is 0 Å². The van der Waals surface area contributed by atoms with Crippen molar-refractivity contribution < 1.29 is 14.3 Å². The maximum absolute atomic E-state index is 11.9. The average molecular weight is 445 g/mol. The lowest BCUT2D eigenvalue weighted by Crippen LogP contribution is -2.17. The van der Waals surface area contributed by atoms with Crippen molar-refractivity contribution >= 4 is 46.3 Å². The normalized spacial score (nSPS) is 10.6. The Hall–Kier alpha value is -1.80. The molecule has 0 unspecified atom stereocenters. The molecule has 120 valence electrons. The van der Waals surface area contributed by atoms with Gasteiger partial charge < -0.3 is 9.47 Å². The van der Waals surface area contributed by atoms with Gasteiger partial charge in [0.25, 0.3) is 5.91 Å². The SMILES string of the molecule is COc1cc(/C=N\NC(=O)c2ccc(I)cc2)cc(Cl)c1OC. The van der Waals surface area contributed by atoms with E-state index < -0.39 is 0 Å². The maximum Gasteiger partial charge on any atom is 0.271 e.